The van der Waals surface area contributed by atoms with E-state index in [2.05, 4.69) is 0 Å². The lowest BCUT2D eigenvalue weighted by Gasteiger charge is -2.22. The topological polar surface area (TPSA) is 55.8 Å². The Morgan fingerprint density at radius 2 is 2.40 bits per heavy atom. The van der Waals surface area contributed by atoms with Gasteiger partial charge >= 0.3 is 0 Å². The lowest BCUT2D eigenvalue weighted by Crippen LogP contribution is -2.37. The molecule has 2 rings (SSSR count). The van der Waals surface area contributed by atoms with E-state index in [9.17, 15) is 9.90 Å². The summed E-state index contributed by atoms with van der Waals surface area (Å²) < 4.78 is 10.9. The van der Waals surface area contributed by atoms with Crippen LogP contribution in [0.3, 0.4) is 0 Å². The summed E-state index contributed by atoms with van der Waals surface area (Å²) in [5.74, 6) is -0.636. The maximum Gasteiger partial charge on any atom is 0.212 e. The molecule has 2 aliphatic rings. The van der Waals surface area contributed by atoms with E-state index >= 15 is 0 Å². The highest BCUT2D eigenvalue weighted by molar-refractivity contribution is 8.15. The normalized spacial score (nSPS) is 36.1. The van der Waals surface area contributed by atoms with E-state index in [4.69, 9.17) is 9.47 Å². The quantitative estimate of drug-likeness (QED) is 0.756. The van der Waals surface area contributed by atoms with Crippen LogP contribution in [0.5, 0.6) is 0 Å². The molecule has 0 unspecified atom stereocenters. The molecule has 1 N–H and O–H groups in total. The van der Waals surface area contributed by atoms with Gasteiger partial charge in [-0.3, -0.25) is 4.79 Å². The zero-order valence-corrected chi connectivity index (χ0v) is 9.49. The molecule has 1 saturated heterocycles. The summed E-state index contributed by atoms with van der Waals surface area (Å²) >= 11 is 1.13. The van der Waals surface area contributed by atoms with E-state index in [-0.39, 0.29) is 16.5 Å². The summed E-state index contributed by atoms with van der Waals surface area (Å²) in [7, 11) is 0. The van der Waals surface area contributed by atoms with Crippen LogP contribution in [0, 0.1) is 0 Å². The number of aliphatic hydroxyl groups is 1. The Bertz CT molecular complexity index is 300. The molecule has 0 aromatic rings. The van der Waals surface area contributed by atoms with Gasteiger partial charge in [0.2, 0.25) is 5.12 Å². The summed E-state index contributed by atoms with van der Waals surface area (Å²) in [5, 5.41) is 9.74. The Labute approximate surface area is 92.6 Å². The molecule has 0 aromatic heterocycles. The SMILES string of the molecule is CC1(C)OC[C@@H]([C@H](O)[C@@H]2C=CC(=O)S2)O1. The van der Waals surface area contributed by atoms with Crippen molar-refractivity contribution in [1.82, 2.24) is 0 Å². The molecular weight excluding hydrogens is 216 g/mol. The van der Waals surface area contributed by atoms with Gasteiger partial charge in [0.1, 0.15) is 6.10 Å². The molecule has 2 heterocycles. The van der Waals surface area contributed by atoms with E-state index in [1.165, 1.54) is 6.08 Å². The van der Waals surface area contributed by atoms with Gasteiger partial charge in [0.25, 0.3) is 0 Å². The molecule has 5 heteroatoms. The Morgan fingerprint density at radius 3 is 2.87 bits per heavy atom. The lowest BCUT2D eigenvalue weighted by atomic mass is 10.1. The van der Waals surface area contributed by atoms with Gasteiger partial charge in [-0.2, -0.15) is 0 Å². The zero-order valence-electron chi connectivity index (χ0n) is 8.67. The van der Waals surface area contributed by atoms with Crippen LogP contribution >= 0.6 is 11.8 Å². The molecule has 0 radical (unpaired) electrons. The first-order valence-corrected chi connectivity index (χ1v) is 5.74. The van der Waals surface area contributed by atoms with E-state index in [1.54, 1.807) is 6.08 Å². The molecule has 0 aliphatic carbocycles. The summed E-state index contributed by atoms with van der Waals surface area (Å²) in [5.41, 5.74) is 0. The molecular formula is C10H14O4S. The van der Waals surface area contributed by atoms with Gasteiger partial charge in [0.15, 0.2) is 5.79 Å². The minimum Gasteiger partial charge on any atom is -0.389 e. The number of rotatable bonds is 2. The fourth-order valence-electron chi connectivity index (χ4n) is 1.66. The fourth-order valence-corrected chi connectivity index (χ4v) is 2.56. The summed E-state index contributed by atoms with van der Waals surface area (Å²) in [4.78, 5) is 11.0. The second-order valence-corrected chi connectivity index (χ2v) is 5.30. The van der Waals surface area contributed by atoms with Gasteiger partial charge < -0.3 is 14.6 Å². The van der Waals surface area contributed by atoms with E-state index in [1.807, 2.05) is 13.8 Å². The molecule has 4 nitrogen and oxygen atoms in total. The number of thioether (sulfide) groups is 1. The van der Waals surface area contributed by atoms with Crippen molar-refractivity contribution >= 4 is 16.9 Å². The summed E-state index contributed by atoms with van der Waals surface area (Å²) in [6.07, 6.45) is 2.15. The second kappa shape index (κ2) is 3.90. The van der Waals surface area contributed by atoms with Crippen molar-refractivity contribution in [1.29, 1.82) is 0 Å². The maximum absolute atomic E-state index is 11.0. The molecule has 15 heavy (non-hydrogen) atoms. The predicted octanol–water partition coefficient (Wildman–Crippen LogP) is 0.697. The molecule has 0 aromatic carbocycles. The number of aliphatic hydroxyl groups excluding tert-OH is 1. The van der Waals surface area contributed by atoms with Crippen LogP contribution in [0.1, 0.15) is 13.8 Å². The largest absolute Gasteiger partial charge is 0.389 e. The van der Waals surface area contributed by atoms with Gasteiger partial charge in [-0.1, -0.05) is 17.8 Å². The first-order valence-electron chi connectivity index (χ1n) is 4.87. The first kappa shape index (κ1) is 11.1. The Hall–Kier alpha value is -0.360. The Kier molecular flexibility index (Phi) is 2.89. The number of ether oxygens (including phenoxy) is 2. The van der Waals surface area contributed by atoms with Crippen molar-refractivity contribution in [2.75, 3.05) is 6.61 Å². The third-order valence-electron chi connectivity index (χ3n) is 2.42. The van der Waals surface area contributed by atoms with E-state index < -0.39 is 11.9 Å². The molecule has 0 saturated carbocycles. The number of carbonyl (C=O) groups is 1. The molecule has 0 amide bonds. The number of hydrogen-bond donors (Lipinski definition) is 1. The van der Waals surface area contributed by atoms with Gasteiger partial charge in [0, 0.05) is 0 Å². The van der Waals surface area contributed by atoms with Crippen LogP contribution in [0.4, 0.5) is 0 Å². The smallest absolute Gasteiger partial charge is 0.212 e. The highest BCUT2D eigenvalue weighted by Gasteiger charge is 2.40. The van der Waals surface area contributed by atoms with Crippen molar-refractivity contribution in [3.05, 3.63) is 12.2 Å². The van der Waals surface area contributed by atoms with Crippen LogP contribution in [0.25, 0.3) is 0 Å². The average Bonchev–Trinajstić information content (AvgIpc) is 2.71. The molecule has 2 aliphatic heterocycles. The average molecular weight is 230 g/mol. The van der Waals surface area contributed by atoms with Gasteiger partial charge in [-0.15, -0.1) is 0 Å². The molecule has 1 fully saturated rings. The highest BCUT2D eigenvalue weighted by Crippen LogP contribution is 2.31. The predicted molar refractivity (Wildman–Crippen MR) is 56.4 cm³/mol. The van der Waals surface area contributed by atoms with Crippen LogP contribution < -0.4 is 0 Å². The standard InChI is InChI=1S/C10H14O4S/c1-10(2)13-5-6(14-10)9(12)7-3-4-8(11)15-7/h3-4,6-7,9,12H,5H2,1-2H3/t6-,7-,9-/m0/s1. The minimum absolute atomic E-state index is 0.0165. The van der Waals surface area contributed by atoms with Gasteiger partial charge in [0.05, 0.1) is 18.0 Å². The zero-order chi connectivity index (χ0) is 11.1. The molecule has 0 bridgehead atoms. The summed E-state index contributed by atoms with van der Waals surface area (Å²) in [6, 6.07) is 0. The van der Waals surface area contributed by atoms with Crippen LogP contribution in [-0.4, -0.2) is 40.1 Å². The van der Waals surface area contributed by atoms with Crippen molar-refractivity contribution in [3.63, 3.8) is 0 Å². The monoisotopic (exact) mass is 230 g/mol. The Morgan fingerprint density at radius 1 is 1.67 bits per heavy atom. The maximum atomic E-state index is 11.0. The van der Waals surface area contributed by atoms with E-state index in [0.717, 1.165) is 11.8 Å². The van der Waals surface area contributed by atoms with Gasteiger partial charge in [-0.05, 0) is 19.9 Å². The molecule has 0 spiro atoms. The van der Waals surface area contributed by atoms with Crippen LogP contribution in [0.2, 0.25) is 0 Å². The first-order chi connectivity index (χ1) is 6.98. The van der Waals surface area contributed by atoms with E-state index in [0.29, 0.717) is 6.61 Å². The van der Waals surface area contributed by atoms with Crippen molar-refractivity contribution in [2.45, 2.75) is 37.1 Å². The van der Waals surface area contributed by atoms with Crippen LogP contribution in [0.15, 0.2) is 12.2 Å². The number of carbonyl (C=O) groups excluding carboxylic acids is 1. The lowest BCUT2D eigenvalue weighted by molar-refractivity contribution is -0.150. The van der Waals surface area contributed by atoms with Crippen molar-refractivity contribution < 1.29 is 19.4 Å². The number of hydrogen-bond acceptors (Lipinski definition) is 5. The molecule has 3 atom stereocenters. The third-order valence-corrected chi connectivity index (χ3v) is 3.50. The third kappa shape index (κ3) is 2.42. The summed E-state index contributed by atoms with van der Waals surface area (Å²) in [6.45, 7) is 3.98. The minimum atomic E-state index is -0.695. The van der Waals surface area contributed by atoms with Gasteiger partial charge in [-0.25, -0.2) is 0 Å². The second-order valence-electron chi connectivity index (χ2n) is 4.12. The van der Waals surface area contributed by atoms with Crippen LogP contribution in [-0.2, 0) is 14.3 Å². The van der Waals surface area contributed by atoms with Crippen molar-refractivity contribution in [2.24, 2.45) is 0 Å². The Balaban J connectivity index is 1.95. The molecule has 84 valence electrons. The van der Waals surface area contributed by atoms with Crippen molar-refractivity contribution in [3.8, 4) is 0 Å². The highest BCUT2D eigenvalue weighted by atomic mass is 32.2. The fraction of sp³-hybridized carbons (Fsp3) is 0.700.